The third-order valence-electron chi connectivity index (χ3n) is 5.62. The molecule has 6 nitrogen and oxygen atoms in total. The van der Waals surface area contributed by atoms with Gasteiger partial charge < -0.3 is 10.6 Å². The first-order valence-electron chi connectivity index (χ1n) is 11.6. The van der Waals surface area contributed by atoms with E-state index in [1.165, 1.54) is 16.0 Å². The van der Waals surface area contributed by atoms with Crippen LogP contribution in [0.5, 0.6) is 0 Å². The van der Waals surface area contributed by atoms with Gasteiger partial charge in [0.15, 0.2) is 0 Å². The van der Waals surface area contributed by atoms with Gasteiger partial charge in [-0.1, -0.05) is 37.7 Å². The molecule has 2 N–H and O–H groups in total. The molecular formula is C26H36N4O2S. The van der Waals surface area contributed by atoms with Crippen LogP contribution in [0.3, 0.4) is 0 Å². The molecule has 0 saturated carbocycles. The number of amides is 2. The second-order valence-corrected chi connectivity index (χ2v) is 10.3. The van der Waals surface area contributed by atoms with Crippen LogP contribution >= 0.6 is 11.8 Å². The summed E-state index contributed by atoms with van der Waals surface area (Å²) in [5.74, 6) is 0.527. The second kappa shape index (κ2) is 12.2. The van der Waals surface area contributed by atoms with E-state index in [1.807, 2.05) is 24.3 Å². The highest BCUT2D eigenvalue weighted by molar-refractivity contribution is 7.99. The maximum absolute atomic E-state index is 12.5. The number of aryl methyl sites for hydroxylation is 2. The lowest BCUT2D eigenvalue weighted by atomic mass is 10.2. The number of nitrogens with one attached hydrogen (secondary N) is 2. The number of carbonyl (C=O) groups is 2. The highest BCUT2D eigenvalue weighted by atomic mass is 32.2. The Hall–Kier alpha value is -2.35. The fraction of sp³-hybridized carbons (Fsp3) is 0.462. The molecular weight excluding hydrogens is 432 g/mol. The van der Waals surface area contributed by atoms with Crippen molar-refractivity contribution in [3.63, 3.8) is 0 Å². The van der Waals surface area contributed by atoms with Crippen molar-refractivity contribution in [2.75, 3.05) is 51.1 Å². The number of carbonyl (C=O) groups excluding carboxylic acids is 2. The normalized spacial score (nSPS) is 14.9. The van der Waals surface area contributed by atoms with Crippen molar-refractivity contribution in [3.8, 4) is 0 Å². The first-order valence-corrected chi connectivity index (χ1v) is 12.5. The summed E-state index contributed by atoms with van der Waals surface area (Å²) in [6.07, 6.45) is 0. The molecule has 0 spiro atoms. The number of nitrogens with zero attached hydrogens (tertiary/aromatic N) is 2. The first-order chi connectivity index (χ1) is 15.8. The van der Waals surface area contributed by atoms with Crippen LogP contribution in [0.4, 0.5) is 5.69 Å². The van der Waals surface area contributed by atoms with Crippen LogP contribution in [0, 0.1) is 19.8 Å². The van der Waals surface area contributed by atoms with Crippen molar-refractivity contribution in [2.45, 2.75) is 37.5 Å². The van der Waals surface area contributed by atoms with Crippen molar-refractivity contribution in [1.82, 2.24) is 15.1 Å². The summed E-state index contributed by atoms with van der Waals surface area (Å²) < 4.78 is 0. The molecule has 0 atom stereocenters. The average Bonchev–Trinajstić information content (AvgIpc) is 2.77. The molecule has 0 unspecified atom stereocenters. The van der Waals surface area contributed by atoms with Crippen LogP contribution in [0.15, 0.2) is 52.3 Å². The molecule has 0 aromatic heterocycles. The van der Waals surface area contributed by atoms with E-state index in [2.05, 4.69) is 66.3 Å². The summed E-state index contributed by atoms with van der Waals surface area (Å²) in [7, 11) is 0. The Morgan fingerprint density at radius 1 is 0.909 bits per heavy atom. The number of piperazine rings is 1. The van der Waals surface area contributed by atoms with Gasteiger partial charge in [0.1, 0.15) is 0 Å². The Labute approximate surface area is 202 Å². The smallest absolute Gasteiger partial charge is 0.238 e. The fourth-order valence-electron chi connectivity index (χ4n) is 3.64. The molecule has 2 amide bonds. The summed E-state index contributed by atoms with van der Waals surface area (Å²) in [4.78, 5) is 31.2. The predicted molar refractivity (Wildman–Crippen MR) is 136 cm³/mol. The molecule has 1 heterocycles. The lowest BCUT2D eigenvalue weighted by molar-refractivity contribution is -0.123. The molecule has 2 aromatic rings. The number of benzene rings is 2. The van der Waals surface area contributed by atoms with E-state index < -0.39 is 0 Å². The summed E-state index contributed by atoms with van der Waals surface area (Å²) in [6.45, 7) is 13.1. The molecule has 1 fully saturated rings. The quantitative estimate of drug-likeness (QED) is 0.586. The van der Waals surface area contributed by atoms with Gasteiger partial charge in [0.25, 0.3) is 0 Å². The van der Waals surface area contributed by atoms with Crippen LogP contribution in [0.25, 0.3) is 0 Å². The largest absolute Gasteiger partial charge is 0.355 e. The van der Waals surface area contributed by atoms with E-state index in [9.17, 15) is 9.59 Å². The maximum Gasteiger partial charge on any atom is 0.238 e. The third kappa shape index (κ3) is 8.50. The number of rotatable bonds is 9. The highest BCUT2D eigenvalue weighted by Crippen LogP contribution is 2.31. The second-order valence-electron chi connectivity index (χ2n) is 9.19. The zero-order chi connectivity index (χ0) is 23.8. The maximum atomic E-state index is 12.5. The monoisotopic (exact) mass is 468 g/mol. The molecule has 0 aliphatic carbocycles. The van der Waals surface area contributed by atoms with E-state index in [-0.39, 0.29) is 11.8 Å². The Balaban J connectivity index is 1.40. The van der Waals surface area contributed by atoms with Crippen molar-refractivity contribution in [2.24, 2.45) is 5.92 Å². The number of hydrogen-bond acceptors (Lipinski definition) is 5. The topological polar surface area (TPSA) is 64.7 Å². The standard InChI is InChI=1S/C26H36N4O2S/c1-19(2)16-27-25(31)17-29-11-13-30(14-12-29)18-26(32)28-22-7-9-23(10-8-22)33-24-15-20(3)5-6-21(24)4/h5-10,15,19H,11-14,16-18H2,1-4H3,(H,27,31)(H,28,32). The average molecular weight is 469 g/mol. The molecule has 33 heavy (non-hydrogen) atoms. The van der Waals surface area contributed by atoms with Crippen LogP contribution in [0.1, 0.15) is 25.0 Å². The molecule has 1 aliphatic heterocycles. The van der Waals surface area contributed by atoms with E-state index in [1.54, 1.807) is 11.8 Å². The molecule has 178 valence electrons. The molecule has 1 saturated heterocycles. The van der Waals surface area contributed by atoms with Crippen LogP contribution in [-0.4, -0.2) is 67.4 Å². The van der Waals surface area contributed by atoms with E-state index >= 15 is 0 Å². The molecule has 7 heteroatoms. The predicted octanol–water partition coefficient (Wildman–Crippen LogP) is 3.78. The van der Waals surface area contributed by atoms with Crippen molar-refractivity contribution >= 4 is 29.3 Å². The minimum Gasteiger partial charge on any atom is -0.355 e. The highest BCUT2D eigenvalue weighted by Gasteiger charge is 2.20. The fourth-order valence-corrected chi connectivity index (χ4v) is 4.64. The lowest BCUT2D eigenvalue weighted by Crippen LogP contribution is -2.51. The lowest BCUT2D eigenvalue weighted by Gasteiger charge is -2.33. The van der Waals surface area contributed by atoms with Gasteiger partial charge in [-0.2, -0.15) is 0 Å². The summed E-state index contributed by atoms with van der Waals surface area (Å²) in [6, 6.07) is 14.5. The van der Waals surface area contributed by atoms with E-state index in [0.29, 0.717) is 25.6 Å². The molecule has 0 radical (unpaired) electrons. The van der Waals surface area contributed by atoms with Gasteiger partial charge in [0, 0.05) is 48.2 Å². The molecule has 1 aliphatic rings. The minimum atomic E-state index is -0.00643. The molecule has 2 aromatic carbocycles. The zero-order valence-electron chi connectivity index (χ0n) is 20.2. The van der Waals surface area contributed by atoms with Crippen LogP contribution < -0.4 is 10.6 Å². The SMILES string of the molecule is Cc1ccc(C)c(Sc2ccc(NC(=O)CN3CCN(CC(=O)NCC(C)C)CC3)cc2)c1. The van der Waals surface area contributed by atoms with Gasteiger partial charge in [-0.25, -0.2) is 0 Å². The van der Waals surface area contributed by atoms with Crippen molar-refractivity contribution < 1.29 is 9.59 Å². The van der Waals surface area contributed by atoms with E-state index in [0.717, 1.165) is 36.8 Å². The van der Waals surface area contributed by atoms with Gasteiger partial charge in [0.2, 0.25) is 11.8 Å². The van der Waals surface area contributed by atoms with Crippen molar-refractivity contribution in [1.29, 1.82) is 0 Å². The Morgan fingerprint density at radius 3 is 2.12 bits per heavy atom. The Kier molecular flexibility index (Phi) is 9.35. The number of anilines is 1. The Morgan fingerprint density at radius 2 is 1.52 bits per heavy atom. The van der Waals surface area contributed by atoms with Gasteiger partial charge in [-0.05, 0) is 61.2 Å². The van der Waals surface area contributed by atoms with E-state index in [4.69, 9.17) is 0 Å². The van der Waals surface area contributed by atoms with Crippen LogP contribution in [-0.2, 0) is 9.59 Å². The minimum absolute atomic E-state index is 0.00643. The Bertz CT molecular complexity index is 938. The zero-order valence-corrected chi connectivity index (χ0v) is 21.0. The first kappa shape index (κ1) is 25.3. The van der Waals surface area contributed by atoms with Crippen LogP contribution in [0.2, 0.25) is 0 Å². The van der Waals surface area contributed by atoms with Gasteiger partial charge in [0.05, 0.1) is 13.1 Å². The van der Waals surface area contributed by atoms with Crippen molar-refractivity contribution in [3.05, 3.63) is 53.6 Å². The molecule has 3 rings (SSSR count). The van der Waals surface area contributed by atoms with Gasteiger partial charge in [-0.3, -0.25) is 19.4 Å². The summed E-state index contributed by atoms with van der Waals surface area (Å²) >= 11 is 1.74. The molecule has 0 bridgehead atoms. The van der Waals surface area contributed by atoms with Gasteiger partial charge >= 0.3 is 0 Å². The number of hydrogen-bond donors (Lipinski definition) is 2. The summed E-state index contributed by atoms with van der Waals surface area (Å²) in [5, 5.41) is 5.97. The van der Waals surface area contributed by atoms with Gasteiger partial charge in [-0.15, -0.1) is 0 Å². The summed E-state index contributed by atoms with van der Waals surface area (Å²) in [5.41, 5.74) is 3.33. The third-order valence-corrected chi connectivity index (χ3v) is 6.78.